The van der Waals surface area contributed by atoms with Crippen molar-refractivity contribution in [2.75, 3.05) is 20.6 Å². The van der Waals surface area contributed by atoms with Crippen LogP contribution in [0.25, 0.3) is 0 Å². The Balaban J connectivity index is 2.74. The van der Waals surface area contributed by atoms with Crippen LogP contribution in [0.3, 0.4) is 0 Å². The molecule has 0 saturated carbocycles. The number of hydrogen-bond acceptors (Lipinski definition) is 3. The molecular weight excluding hydrogens is 188 g/mol. The Morgan fingerprint density at radius 3 is 2.73 bits per heavy atom. The molecule has 0 atom stereocenters. The van der Waals surface area contributed by atoms with Gasteiger partial charge >= 0.3 is 0 Å². The average molecular weight is 204 g/mol. The zero-order chi connectivity index (χ0) is 11.3. The van der Waals surface area contributed by atoms with Crippen molar-refractivity contribution in [2.45, 2.75) is 12.8 Å². The fraction of sp³-hybridized carbons (Fsp3) is 0.417. The van der Waals surface area contributed by atoms with Crippen LogP contribution in [-0.4, -0.2) is 30.6 Å². The molecule has 0 aliphatic rings. The highest BCUT2D eigenvalue weighted by Crippen LogP contribution is 2.19. The third-order valence-corrected chi connectivity index (χ3v) is 2.26. The van der Waals surface area contributed by atoms with Crippen LogP contribution in [0.2, 0.25) is 0 Å². The second-order valence-electron chi connectivity index (χ2n) is 3.85. The second kappa shape index (κ2) is 5.38. The van der Waals surface area contributed by atoms with Crippen LogP contribution in [-0.2, 0) is 12.8 Å². The summed E-state index contributed by atoms with van der Waals surface area (Å²) >= 11 is 0. The molecule has 0 aromatic heterocycles. The van der Waals surface area contributed by atoms with Gasteiger partial charge in [0.05, 0.1) is 12.5 Å². The molecule has 0 unspecified atom stereocenters. The van der Waals surface area contributed by atoms with E-state index < -0.39 is 0 Å². The molecule has 15 heavy (non-hydrogen) atoms. The van der Waals surface area contributed by atoms with Gasteiger partial charge < -0.3 is 10.0 Å². The number of phenolic OH excluding ortho intramolecular Hbond substituents is 1. The molecule has 1 N–H and O–H groups in total. The highest BCUT2D eigenvalue weighted by molar-refractivity contribution is 5.37. The first-order valence-electron chi connectivity index (χ1n) is 4.96. The van der Waals surface area contributed by atoms with E-state index >= 15 is 0 Å². The summed E-state index contributed by atoms with van der Waals surface area (Å²) in [6.45, 7) is 0.969. The molecule has 0 saturated heterocycles. The van der Waals surface area contributed by atoms with Gasteiger partial charge in [-0.3, -0.25) is 0 Å². The van der Waals surface area contributed by atoms with Gasteiger partial charge in [-0.25, -0.2) is 0 Å². The van der Waals surface area contributed by atoms with E-state index in [1.165, 1.54) is 0 Å². The maximum atomic E-state index is 9.48. The van der Waals surface area contributed by atoms with Gasteiger partial charge in [0.15, 0.2) is 0 Å². The first kappa shape index (κ1) is 11.5. The van der Waals surface area contributed by atoms with Crippen molar-refractivity contribution in [3.8, 4) is 11.8 Å². The molecule has 1 rings (SSSR count). The maximum absolute atomic E-state index is 9.48. The largest absolute Gasteiger partial charge is 0.508 e. The Hall–Kier alpha value is -1.53. The Morgan fingerprint density at radius 2 is 2.13 bits per heavy atom. The van der Waals surface area contributed by atoms with E-state index in [2.05, 4.69) is 4.90 Å². The maximum Gasteiger partial charge on any atom is 0.119 e. The van der Waals surface area contributed by atoms with E-state index in [-0.39, 0.29) is 12.2 Å². The minimum absolute atomic E-state index is 0.213. The second-order valence-corrected chi connectivity index (χ2v) is 3.85. The van der Waals surface area contributed by atoms with Crippen molar-refractivity contribution >= 4 is 0 Å². The van der Waals surface area contributed by atoms with Crippen LogP contribution < -0.4 is 0 Å². The van der Waals surface area contributed by atoms with Crippen LogP contribution >= 0.6 is 0 Å². The van der Waals surface area contributed by atoms with Crippen molar-refractivity contribution in [2.24, 2.45) is 0 Å². The molecule has 0 radical (unpaired) electrons. The number of nitrogens with zero attached hydrogens (tertiary/aromatic N) is 2. The molecule has 3 nitrogen and oxygen atoms in total. The van der Waals surface area contributed by atoms with Crippen molar-refractivity contribution in [1.29, 1.82) is 5.26 Å². The molecule has 80 valence electrons. The lowest BCUT2D eigenvalue weighted by Crippen LogP contribution is -2.15. The van der Waals surface area contributed by atoms with Crippen LogP contribution in [0.4, 0.5) is 0 Å². The van der Waals surface area contributed by atoms with E-state index in [0.717, 1.165) is 18.5 Å². The van der Waals surface area contributed by atoms with Gasteiger partial charge in [-0.05, 0) is 32.1 Å². The molecule has 0 heterocycles. The molecule has 1 aromatic carbocycles. The summed E-state index contributed by atoms with van der Waals surface area (Å²) in [4.78, 5) is 2.11. The normalized spacial score (nSPS) is 10.3. The number of nitriles is 1. The summed E-state index contributed by atoms with van der Waals surface area (Å²) in [5, 5.41) is 18.1. The lowest BCUT2D eigenvalue weighted by Gasteiger charge is -2.10. The van der Waals surface area contributed by atoms with Gasteiger partial charge in [-0.2, -0.15) is 5.26 Å². The van der Waals surface area contributed by atoms with Gasteiger partial charge in [-0.15, -0.1) is 0 Å². The minimum Gasteiger partial charge on any atom is -0.508 e. The fourth-order valence-electron chi connectivity index (χ4n) is 1.37. The topological polar surface area (TPSA) is 47.3 Å². The van der Waals surface area contributed by atoms with Crippen molar-refractivity contribution in [1.82, 2.24) is 4.90 Å². The SMILES string of the molecule is CN(C)CCc1ccc(O)c(CC#N)c1. The van der Waals surface area contributed by atoms with Gasteiger partial charge in [0, 0.05) is 12.1 Å². The standard InChI is InChI=1S/C12H16N2O/c1-14(2)8-6-10-3-4-12(15)11(9-10)5-7-13/h3-4,9,15H,5-6,8H2,1-2H3. The highest BCUT2D eigenvalue weighted by Gasteiger charge is 2.02. The zero-order valence-corrected chi connectivity index (χ0v) is 9.20. The minimum atomic E-state index is 0.213. The third-order valence-electron chi connectivity index (χ3n) is 2.26. The third kappa shape index (κ3) is 3.61. The van der Waals surface area contributed by atoms with E-state index in [0.29, 0.717) is 5.56 Å². The van der Waals surface area contributed by atoms with E-state index in [9.17, 15) is 5.11 Å². The summed E-state index contributed by atoms with van der Waals surface area (Å²) in [6, 6.07) is 7.52. The van der Waals surface area contributed by atoms with Crippen molar-refractivity contribution < 1.29 is 5.11 Å². The van der Waals surface area contributed by atoms with Gasteiger partial charge in [0.2, 0.25) is 0 Å². The molecule has 0 bridgehead atoms. The van der Waals surface area contributed by atoms with E-state index in [4.69, 9.17) is 5.26 Å². The molecule has 3 heteroatoms. The highest BCUT2D eigenvalue weighted by atomic mass is 16.3. The number of likely N-dealkylation sites (N-methyl/N-ethyl adjacent to an activating group) is 1. The Kier molecular flexibility index (Phi) is 4.14. The average Bonchev–Trinajstić information content (AvgIpc) is 2.19. The van der Waals surface area contributed by atoms with Crippen LogP contribution in [0.15, 0.2) is 18.2 Å². The molecule has 0 aliphatic heterocycles. The molecule has 0 spiro atoms. The smallest absolute Gasteiger partial charge is 0.119 e. The predicted molar refractivity (Wildman–Crippen MR) is 59.7 cm³/mol. The first-order valence-corrected chi connectivity index (χ1v) is 4.96. The number of aromatic hydroxyl groups is 1. The Morgan fingerprint density at radius 1 is 1.40 bits per heavy atom. The van der Waals surface area contributed by atoms with Crippen LogP contribution in [0, 0.1) is 11.3 Å². The monoisotopic (exact) mass is 204 g/mol. The predicted octanol–water partition coefficient (Wildman–Crippen LogP) is 1.56. The van der Waals surface area contributed by atoms with E-state index in [1.807, 2.05) is 32.3 Å². The van der Waals surface area contributed by atoms with E-state index in [1.54, 1.807) is 6.07 Å². The van der Waals surface area contributed by atoms with Crippen molar-refractivity contribution in [3.05, 3.63) is 29.3 Å². The summed E-state index contributed by atoms with van der Waals surface area (Å²) in [6.07, 6.45) is 1.20. The Bertz CT molecular complexity index is 366. The number of hydrogen-bond donors (Lipinski definition) is 1. The number of phenols is 1. The van der Waals surface area contributed by atoms with Gasteiger partial charge in [-0.1, -0.05) is 12.1 Å². The van der Waals surface area contributed by atoms with Gasteiger partial charge in [0.1, 0.15) is 5.75 Å². The molecule has 0 fully saturated rings. The zero-order valence-electron chi connectivity index (χ0n) is 9.20. The fourth-order valence-corrected chi connectivity index (χ4v) is 1.37. The summed E-state index contributed by atoms with van der Waals surface area (Å²) < 4.78 is 0. The summed E-state index contributed by atoms with van der Waals surface area (Å²) in [5.74, 6) is 0.213. The molecular formula is C12H16N2O. The van der Waals surface area contributed by atoms with Crippen LogP contribution in [0.1, 0.15) is 11.1 Å². The summed E-state index contributed by atoms with van der Waals surface area (Å²) in [7, 11) is 4.05. The lowest BCUT2D eigenvalue weighted by atomic mass is 10.1. The van der Waals surface area contributed by atoms with Gasteiger partial charge in [0.25, 0.3) is 0 Å². The van der Waals surface area contributed by atoms with Crippen LogP contribution in [0.5, 0.6) is 5.75 Å². The molecule has 0 aliphatic carbocycles. The quantitative estimate of drug-likeness (QED) is 0.809. The molecule has 1 aromatic rings. The Labute approximate surface area is 90.6 Å². The van der Waals surface area contributed by atoms with Crippen molar-refractivity contribution in [3.63, 3.8) is 0 Å². The summed E-state index contributed by atoms with van der Waals surface area (Å²) in [5.41, 5.74) is 1.88. The lowest BCUT2D eigenvalue weighted by molar-refractivity contribution is 0.413. The first-order chi connectivity index (χ1) is 7.13. The number of rotatable bonds is 4. The number of benzene rings is 1. The molecule has 0 amide bonds.